The molecule has 0 spiro atoms. The molecule has 3 rings (SSSR count). The van der Waals surface area contributed by atoms with Crippen LogP contribution in [0.4, 0.5) is 0 Å². The first kappa shape index (κ1) is 26.1. The molecule has 1 unspecified atom stereocenters. The quantitative estimate of drug-likeness (QED) is 0.294. The number of benzene rings is 2. The minimum atomic E-state index is -0.904. The number of methoxy groups -OCH3 is 1. The maximum absolute atomic E-state index is 13.2. The third kappa shape index (κ3) is 5.59. The van der Waals surface area contributed by atoms with E-state index < -0.39 is 17.7 Å². The highest BCUT2D eigenvalue weighted by atomic mass is 16.5. The zero-order chi connectivity index (χ0) is 25.7. The molecule has 0 aliphatic carbocycles. The number of amides is 1. The van der Waals surface area contributed by atoms with Crippen LogP contribution in [0.15, 0.2) is 42.0 Å². The van der Waals surface area contributed by atoms with Gasteiger partial charge < -0.3 is 29.3 Å². The van der Waals surface area contributed by atoms with E-state index >= 15 is 0 Å². The van der Waals surface area contributed by atoms with Crippen molar-refractivity contribution in [2.24, 2.45) is 0 Å². The largest absolute Gasteiger partial charge is 0.507 e. The number of nitrogens with zero attached hydrogens (tertiary/aromatic N) is 1. The number of phenols is 1. The molecule has 2 N–H and O–H groups in total. The standard InChI is InChI=1S/C27H33NO7/c1-6-12-35-21-9-8-19(14-17(21)4)25(30)23-24(18-7-10-22(33-5)20(29)15-18)28(27(32)26(23)31)11-13-34-16(2)3/h7-10,14-16,24,29-30H,6,11-13H2,1-5H3/b25-23-. The van der Waals surface area contributed by atoms with Crippen molar-refractivity contribution < 1.29 is 34.0 Å². The van der Waals surface area contributed by atoms with Crippen molar-refractivity contribution in [2.45, 2.75) is 46.3 Å². The van der Waals surface area contributed by atoms with E-state index in [1.54, 1.807) is 30.3 Å². The molecule has 1 saturated heterocycles. The number of likely N-dealkylation sites (tertiary alicyclic amines) is 1. The summed E-state index contributed by atoms with van der Waals surface area (Å²) in [4.78, 5) is 27.5. The van der Waals surface area contributed by atoms with Crippen molar-refractivity contribution in [1.29, 1.82) is 0 Å². The topological polar surface area (TPSA) is 106 Å². The monoisotopic (exact) mass is 483 g/mol. The molecule has 188 valence electrons. The first-order valence-electron chi connectivity index (χ1n) is 11.7. The third-order valence-electron chi connectivity index (χ3n) is 5.75. The number of hydrogen-bond donors (Lipinski definition) is 2. The van der Waals surface area contributed by atoms with E-state index in [0.717, 1.165) is 12.0 Å². The van der Waals surface area contributed by atoms with Gasteiger partial charge in [0, 0.05) is 12.1 Å². The molecule has 35 heavy (non-hydrogen) atoms. The number of aliphatic hydroxyl groups excluding tert-OH is 1. The van der Waals surface area contributed by atoms with Crippen LogP contribution in [-0.2, 0) is 14.3 Å². The Morgan fingerprint density at radius 1 is 1.09 bits per heavy atom. The van der Waals surface area contributed by atoms with E-state index in [2.05, 4.69) is 0 Å². The van der Waals surface area contributed by atoms with Crippen LogP contribution in [0.5, 0.6) is 17.2 Å². The number of phenolic OH excluding ortho intramolecular Hbond substituents is 1. The number of aliphatic hydroxyl groups is 1. The fourth-order valence-electron chi connectivity index (χ4n) is 4.05. The number of Topliss-reactive ketones (excluding diaryl/α,β-unsaturated/α-hetero) is 1. The molecule has 1 atom stereocenters. The van der Waals surface area contributed by atoms with Gasteiger partial charge in [0.2, 0.25) is 0 Å². The zero-order valence-corrected chi connectivity index (χ0v) is 20.8. The van der Waals surface area contributed by atoms with Crippen LogP contribution >= 0.6 is 0 Å². The summed E-state index contributed by atoms with van der Waals surface area (Å²) < 4.78 is 16.4. The van der Waals surface area contributed by atoms with Crippen LogP contribution in [0.3, 0.4) is 0 Å². The normalized spacial score (nSPS) is 17.3. The van der Waals surface area contributed by atoms with Gasteiger partial charge in [-0.25, -0.2) is 0 Å². The number of aryl methyl sites for hydroxylation is 1. The average Bonchev–Trinajstić information content (AvgIpc) is 3.07. The van der Waals surface area contributed by atoms with Gasteiger partial charge in [0.15, 0.2) is 11.5 Å². The van der Waals surface area contributed by atoms with Crippen molar-refractivity contribution in [3.63, 3.8) is 0 Å². The first-order chi connectivity index (χ1) is 16.7. The fourth-order valence-corrected chi connectivity index (χ4v) is 4.05. The SMILES string of the molecule is CCCOc1ccc(/C(O)=C2/C(=O)C(=O)N(CCOC(C)C)C2c2ccc(OC)c(O)c2)cc1C. The van der Waals surface area contributed by atoms with E-state index in [9.17, 15) is 19.8 Å². The third-order valence-corrected chi connectivity index (χ3v) is 5.75. The molecule has 1 aliphatic rings. The molecule has 2 aromatic rings. The Balaban J connectivity index is 2.09. The molecular formula is C27H33NO7. The summed E-state index contributed by atoms with van der Waals surface area (Å²) in [5.41, 5.74) is 1.60. The van der Waals surface area contributed by atoms with E-state index in [1.807, 2.05) is 27.7 Å². The van der Waals surface area contributed by atoms with Crippen LogP contribution in [0, 0.1) is 6.92 Å². The van der Waals surface area contributed by atoms with Crippen LogP contribution in [0.1, 0.15) is 49.9 Å². The second kappa shape index (κ2) is 11.3. The summed E-state index contributed by atoms with van der Waals surface area (Å²) in [6.45, 7) is 8.54. The van der Waals surface area contributed by atoms with Gasteiger partial charge in [-0.2, -0.15) is 0 Å². The van der Waals surface area contributed by atoms with Gasteiger partial charge in [-0.15, -0.1) is 0 Å². The summed E-state index contributed by atoms with van der Waals surface area (Å²) in [6, 6.07) is 8.86. The molecule has 0 aromatic heterocycles. The first-order valence-corrected chi connectivity index (χ1v) is 11.7. The molecule has 1 aliphatic heterocycles. The Morgan fingerprint density at radius 2 is 1.80 bits per heavy atom. The maximum atomic E-state index is 13.2. The van der Waals surface area contributed by atoms with Crippen LogP contribution in [0.25, 0.3) is 5.76 Å². The van der Waals surface area contributed by atoms with Gasteiger partial charge in [0.05, 0.1) is 38.0 Å². The molecule has 8 nitrogen and oxygen atoms in total. The van der Waals surface area contributed by atoms with Crippen molar-refractivity contribution in [2.75, 3.05) is 26.9 Å². The minimum absolute atomic E-state index is 0.0493. The number of carbonyl (C=O) groups excluding carboxylic acids is 2. The predicted octanol–water partition coefficient (Wildman–Crippen LogP) is 4.34. The van der Waals surface area contributed by atoms with Crippen LogP contribution < -0.4 is 9.47 Å². The number of rotatable bonds is 10. The van der Waals surface area contributed by atoms with Crippen molar-refractivity contribution in [3.8, 4) is 17.2 Å². The van der Waals surface area contributed by atoms with Gasteiger partial charge in [-0.3, -0.25) is 9.59 Å². The van der Waals surface area contributed by atoms with Crippen LogP contribution in [0.2, 0.25) is 0 Å². The molecule has 1 heterocycles. The molecule has 8 heteroatoms. The molecule has 0 bridgehead atoms. The number of ether oxygens (including phenoxy) is 3. The lowest BCUT2D eigenvalue weighted by Gasteiger charge is -2.26. The van der Waals surface area contributed by atoms with Crippen molar-refractivity contribution in [1.82, 2.24) is 4.90 Å². The Morgan fingerprint density at radius 3 is 2.40 bits per heavy atom. The highest BCUT2D eigenvalue weighted by molar-refractivity contribution is 6.46. The van der Waals surface area contributed by atoms with Crippen LogP contribution in [-0.4, -0.2) is 59.8 Å². The predicted molar refractivity (Wildman–Crippen MR) is 132 cm³/mol. The van der Waals surface area contributed by atoms with E-state index in [-0.39, 0.29) is 42.1 Å². The second-order valence-electron chi connectivity index (χ2n) is 8.67. The summed E-state index contributed by atoms with van der Waals surface area (Å²) >= 11 is 0. The number of hydrogen-bond acceptors (Lipinski definition) is 7. The summed E-state index contributed by atoms with van der Waals surface area (Å²) in [5, 5.41) is 21.6. The zero-order valence-electron chi connectivity index (χ0n) is 20.8. The Bertz CT molecular complexity index is 1120. The highest BCUT2D eigenvalue weighted by Crippen LogP contribution is 2.42. The van der Waals surface area contributed by atoms with E-state index in [0.29, 0.717) is 23.5 Å². The molecule has 1 amide bonds. The minimum Gasteiger partial charge on any atom is -0.507 e. The van der Waals surface area contributed by atoms with E-state index in [1.165, 1.54) is 18.1 Å². The Hall–Kier alpha value is -3.52. The average molecular weight is 484 g/mol. The van der Waals surface area contributed by atoms with Gasteiger partial charge in [0.1, 0.15) is 11.5 Å². The lowest BCUT2D eigenvalue weighted by Crippen LogP contribution is -2.33. The van der Waals surface area contributed by atoms with Gasteiger partial charge in [-0.05, 0) is 68.7 Å². The molecule has 1 fully saturated rings. The Labute approximate surface area is 205 Å². The number of aromatic hydroxyl groups is 1. The lowest BCUT2D eigenvalue weighted by atomic mass is 9.94. The molecule has 2 aromatic carbocycles. The number of ketones is 1. The molecule has 0 saturated carbocycles. The van der Waals surface area contributed by atoms with Crippen molar-refractivity contribution in [3.05, 3.63) is 58.7 Å². The van der Waals surface area contributed by atoms with Gasteiger partial charge >= 0.3 is 0 Å². The van der Waals surface area contributed by atoms with Crippen molar-refractivity contribution >= 4 is 17.4 Å². The molecular weight excluding hydrogens is 450 g/mol. The second-order valence-corrected chi connectivity index (χ2v) is 8.67. The smallest absolute Gasteiger partial charge is 0.295 e. The Kier molecular flexibility index (Phi) is 8.40. The van der Waals surface area contributed by atoms with Gasteiger partial charge in [-0.1, -0.05) is 13.0 Å². The molecule has 0 radical (unpaired) electrons. The highest BCUT2D eigenvalue weighted by Gasteiger charge is 2.46. The summed E-state index contributed by atoms with van der Waals surface area (Å²) in [5.74, 6) is -1.02. The lowest BCUT2D eigenvalue weighted by molar-refractivity contribution is -0.140. The number of carbonyl (C=O) groups is 2. The van der Waals surface area contributed by atoms with E-state index in [4.69, 9.17) is 14.2 Å². The fraction of sp³-hybridized carbons (Fsp3) is 0.407. The maximum Gasteiger partial charge on any atom is 0.295 e. The summed E-state index contributed by atoms with van der Waals surface area (Å²) in [7, 11) is 1.43. The van der Waals surface area contributed by atoms with Gasteiger partial charge in [0.25, 0.3) is 11.7 Å². The summed E-state index contributed by atoms with van der Waals surface area (Å²) in [6.07, 6.45) is 0.812.